The normalized spacial score (nSPS) is 21.1. The summed E-state index contributed by atoms with van der Waals surface area (Å²) in [7, 11) is -4.88. The average Bonchev–Trinajstić information content (AvgIpc) is 3.14. The van der Waals surface area contributed by atoms with Crippen molar-refractivity contribution in [2.45, 2.75) is 25.4 Å². The van der Waals surface area contributed by atoms with Crippen molar-refractivity contribution in [1.82, 2.24) is 9.96 Å². The monoisotopic (exact) mass is 423 g/mol. The minimum atomic E-state index is -4.88. The molecule has 28 heavy (non-hydrogen) atoms. The van der Waals surface area contributed by atoms with Crippen LogP contribution in [0.3, 0.4) is 0 Å². The molecule has 9 nitrogen and oxygen atoms in total. The molecule has 4 rings (SSSR count). The maximum atomic E-state index is 12.6. The Labute approximate surface area is 165 Å². The number of carbonyl (C=O) groups is 2. The Bertz CT molecular complexity index is 1080. The summed E-state index contributed by atoms with van der Waals surface area (Å²) in [5, 5.41) is 0.642. The van der Waals surface area contributed by atoms with Crippen LogP contribution in [0.25, 0.3) is 10.4 Å². The van der Waals surface area contributed by atoms with Crippen molar-refractivity contribution in [3.05, 3.63) is 46.3 Å². The second-order valence-electron chi connectivity index (χ2n) is 6.71. The zero-order valence-corrected chi connectivity index (χ0v) is 16.4. The van der Waals surface area contributed by atoms with Gasteiger partial charge in [0.25, 0.3) is 0 Å². The molecule has 2 aliphatic heterocycles. The Morgan fingerprint density at radius 1 is 1.39 bits per heavy atom. The highest BCUT2D eigenvalue weighted by atomic mass is 32.3. The molecule has 2 atom stereocenters. The summed E-state index contributed by atoms with van der Waals surface area (Å²) in [6, 6.07) is 7.57. The van der Waals surface area contributed by atoms with Gasteiger partial charge in [-0.25, -0.2) is 4.79 Å². The van der Waals surface area contributed by atoms with Gasteiger partial charge in [-0.2, -0.15) is 13.5 Å². The molecule has 0 aliphatic carbocycles. The molecule has 0 radical (unpaired) electrons. The first-order valence-electron chi connectivity index (χ1n) is 8.40. The number of carbonyl (C=O) groups excluding carboxylic acids is 2. The number of hydrogen-bond donors (Lipinski definition) is 2. The van der Waals surface area contributed by atoms with Crippen molar-refractivity contribution in [3.8, 4) is 10.4 Å². The first kappa shape index (κ1) is 18.9. The van der Waals surface area contributed by atoms with Gasteiger partial charge in [-0.3, -0.25) is 9.35 Å². The van der Waals surface area contributed by atoms with E-state index < -0.39 is 34.4 Å². The Hall–Kier alpha value is -2.47. The number of hydrogen-bond acceptors (Lipinski definition) is 6. The van der Waals surface area contributed by atoms with E-state index in [1.165, 1.54) is 16.2 Å². The zero-order chi connectivity index (χ0) is 20.2. The van der Waals surface area contributed by atoms with Crippen LogP contribution in [0.1, 0.15) is 34.5 Å². The molecule has 3 heterocycles. The second kappa shape index (κ2) is 6.55. The van der Waals surface area contributed by atoms with Crippen LogP contribution >= 0.6 is 11.3 Å². The lowest BCUT2D eigenvalue weighted by Crippen LogP contribution is -2.36. The lowest BCUT2D eigenvalue weighted by atomic mass is 9.96. The van der Waals surface area contributed by atoms with Crippen LogP contribution in [0.4, 0.5) is 4.79 Å². The Morgan fingerprint density at radius 3 is 2.75 bits per heavy atom. The van der Waals surface area contributed by atoms with Crippen molar-refractivity contribution in [2.24, 2.45) is 5.73 Å². The Kier molecular flexibility index (Phi) is 4.42. The summed E-state index contributed by atoms with van der Waals surface area (Å²) in [4.78, 5) is 27.3. The molecule has 1 fully saturated rings. The number of hydroxylamine groups is 2. The molecule has 148 valence electrons. The van der Waals surface area contributed by atoms with Gasteiger partial charge in [-0.15, -0.1) is 15.6 Å². The standard InChI is InChI=1S/C17H17N3O6S2/c1-9-4-2-3-5-10(9)14-6-11-13-8-19(12(7-15(18)21)16(11)27-14)17(22)20(13)26-28(23,24)25/h2-6,12-13H,7-8H2,1H3,(H2,18,21)(H,23,24,25)/t12-,13-/m1/s1. The zero-order valence-electron chi connectivity index (χ0n) is 14.7. The number of urea groups is 1. The molecule has 11 heteroatoms. The van der Waals surface area contributed by atoms with E-state index in [0.717, 1.165) is 20.9 Å². The fourth-order valence-corrected chi connectivity index (χ4v) is 5.52. The fourth-order valence-electron chi connectivity index (χ4n) is 3.73. The van der Waals surface area contributed by atoms with E-state index in [0.29, 0.717) is 10.6 Å². The second-order valence-corrected chi connectivity index (χ2v) is 8.80. The number of benzene rings is 1. The predicted octanol–water partition coefficient (Wildman–Crippen LogP) is 2.17. The van der Waals surface area contributed by atoms with Crippen LogP contribution < -0.4 is 5.73 Å². The van der Waals surface area contributed by atoms with E-state index in [-0.39, 0.29) is 13.0 Å². The molecule has 3 N–H and O–H groups in total. The quantitative estimate of drug-likeness (QED) is 0.709. The molecule has 2 aromatic rings. The summed E-state index contributed by atoms with van der Waals surface area (Å²) < 4.78 is 36.0. The number of amides is 3. The van der Waals surface area contributed by atoms with E-state index >= 15 is 0 Å². The Balaban J connectivity index is 1.83. The predicted molar refractivity (Wildman–Crippen MR) is 100 cm³/mol. The number of fused-ring (bicyclic) bond motifs is 4. The van der Waals surface area contributed by atoms with E-state index in [1.807, 2.05) is 37.3 Å². The van der Waals surface area contributed by atoms with Crippen LogP contribution in [-0.2, 0) is 19.5 Å². The van der Waals surface area contributed by atoms with Gasteiger partial charge in [0.1, 0.15) is 6.04 Å². The lowest BCUT2D eigenvalue weighted by molar-refractivity contribution is -0.119. The van der Waals surface area contributed by atoms with E-state index in [1.54, 1.807) is 0 Å². The molecule has 2 bridgehead atoms. The van der Waals surface area contributed by atoms with Crippen molar-refractivity contribution < 1.29 is 26.8 Å². The summed E-state index contributed by atoms with van der Waals surface area (Å²) >= 11 is 1.43. The lowest BCUT2D eigenvalue weighted by Gasteiger charge is -2.29. The molecular weight excluding hydrogens is 406 g/mol. The van der Waals surface area contributed by atoms with Crippen molar-refractivity contribution >= 4 is 33.7 Å². The highest BCUT2D eigenvalue weighted by Gasteiger charge is 2.51. The smallest absolute Gasteiger partial charge is 0.370 e. The van der Waals surface area contributed by atoms with Gasteiger partial charge in [0.05, 0.1) is 19.0 Å². The van der Waals surface area contributed by atoms with Gasteiger partial charge >= 0.3 is 16.4 Å². The maximum Gasteiger partial charge on any atom is 0.418 e. The summed E-state index contributed by atoms with van der Waals surface area (Å²) in [5.41, 5.74) is 8.12. The third kappa shape index (κ3) is 3.15. The molecular formula is C17H17N3O6S2. The van der Waals surface area contributed by atoms with Crippen LogP contribution in [-0.4, -0.2) is 41.4 Å². The number of nitrogens with zero attached hydrogens (tertiary/aromatic N) is 2. The number of aryl methyl sites for hydroxylation is 1. The van der Waals surface area contributed by atoms with Crippen LogP contribution in [0.2, 0.25) is 0 Å². The average molecular weight is 423 g/mol. The van der Waals surface area contributed by atoms with Crippen LogP contribution in [0, 0.1) is 6.92 Å². The number of primary amides is 1. The Morgan fingerprint density at radius 2 is 2.11 bits per heavy atom. The largest absolute Gasteiger partial charge is 0.418 e. The van der Waals surface area contributed by atoms with E-state index in [2.05, 4.69) is 4.28 Å². The first-order valence-corrected chi connectivity index (χ1v) is 10.6. The molecule has 1 saturated heterocycles. The van der Waals surface area contributed by atoms with Crippen LogP contribution in [0.15, 0.2) is 30.3 Å². The van der Waals surface area contributed by atoms with Gasteiger partial charge in [0, 0.05) is 9.75 Å². The van der Waals surface area contributed by atoms with Crippen molar-refractivity contribution in [3.63, 3.8) is 0 Å². The van der Waals surface area contributed by atoms with Gasteiger partial charge in [0.15, 0.2) is 0 Å². The van der Waals surface area contributed by atoms with Gasteiger partial charge in [0.2, 0.25) is 5.91 Å². The van der Waals surface area contributed by atoms with Gasteiger partial charge in [-0.1, -0.05) is 24.3 Å². The summed E-state index contributed by atoms with van der Waals surface area (Å²) in [6.07, 6.45) is -0.0983. The molecule has 1 aromatic heterocycles. The van der Waals surface area contributed by atoms with Gasteiger partial charge in [-0.05, 0) is 29.7 Å². The van der Waals surface area contributed by atoms with E-state index in [9.17, 15) is 18.0 Å². The number of nitrogens with two attached hydrogens (primary N) is 1. The highest BCUT2D eigenvalue weighted by molar-refractivity contribution is 7.80. The topological polar surface area (TPSA) is 130 Å². The molecule has 0 unspecified atom stereocenters. The molecule has 0 saturated carbocycles. The minimum Gasteiger partial charge on any atom is -0.370 e. The minimum absolute atomic E-state index is 0.0983. The van der Waals surface area contributed by atoms with Crippen molar-refractivity contribution in [2.75, 3.05) is 6.54 Å². The molecule has 1 aromatic carbocycles. The maximum absolute atomic E-state index is 12.6. The number of thiophene rings is 1. The molecule has 2 aliphatic rings. The molecule has 3 amide bonds. The van der Waals surface area contributed by atoms with Crippen LogP contribution in [0.5, 0.6) is 0 Å². The summed E-state index contributed by atoms with van der Waals surface area (Å²) in [5.74, 6) is -0.581. The highest BCUT2D eigenvalue weighted by Crippen LogP contribution is 2.50. The SMILES string of the molecule is Cc1ccccc1-c1cc2c(s1)[C@@H](CC(N)=O)N1C[C@H]2N(OS(=O)(=O)O)C1=O. The third-order valence-electron chi connectivity index (χ3n) is 4.90. The first-order chi connectivity index (χ1) is 13.2. The van der Waals surface area contributed by atoms with Crippen molar-refractivity contribution in [1.29, 1.82) is 0 Å². The van der Waals surface area contributed by atoms with E-state index in [4.69, 9.17) is 10.3 Å². The fraction of sp³-hybridized carbons (Fsp3) is 0.294. The van der Waals surface area contributed by atoms with Gasteiger partial charge < -0.3 is 10.6 Å². The summed E-state index contributed by atoms with van der Waals surface area (Å²) in [6.45, 7) is 2.10. The third-order valence-corrected chi connectivity index (χ3v) is 6.53. The molecule has 0 spiro atoms. The number of rotatable bonds is 5.